The molecule has 0 spiro atoms. The van der Waals surface area contributed by atoms with E-state index >= 15 is 0 Å². The van der Waals surface area contributed by atoms with Gasteiger partial charge in [0.15, 0.2) is 17.0 Å². The Hall–Kier alpha value is -2.73. The number of imidazole rings is 1. The molecule has 0 fully saturated rings. The number of hydrogen-bond acceptors (Lipinski definition) is 11. The van der Waals surface area contributed by atoms with Crippen molar-refractivity contribution in [1.82, 2.24) is 24.6 Å². The Kier molecular flexibility index (Phi) is 15.0. The number of nitrogen functional groups attached to an aromatic ring is 1. The number of esters is 2. The van der Waals surface area contributed by atoms with Crippen molar-refractivity contribution in [3.05, 3.63) is 12.7 Å². The van der Waals surface area contributed by atoms with Gasteiger partial charge in [0.05, 0.1) is 31.7 Å². The van der Waals surface area contributed by atoms with Gasteiger partial charge in [-0.05, 0) is 52.5 Å². The van der Waals surface area contributed by atoms with Crippen molar-refractivity contribution in [3.8, 4) is 0 Å². The third-order valence-electron chi connectivity index (χ3n) is 5.20. The van der Waals surface area contributed by atoms with Crippen LogP contribution >= 0.6 is 7.95 Å². The standard InChI is InChI=1S/C19H32N6O4P.C6H12O3/c1-5-6-7-8-9-28-18(26)19(3,4)24-30(27)13-29-14(2)10-25-12-23-15-16(20)21-11-22-17(15)25;1-4(2)9-6(8)5(3)7/h11-12,14H,5-10,13H2,1-4H3,(H,24,27)(H2,20,21,22);4-5,7H,1-3H3/q+1;. The number of anilines is 1. The highest BCUT2D eigenvalue weighted by Crippen LogP contribution is 2.23. The van der Waals surface area contributed by atoms with Crippen molar-refractivity contribution in [2.45, 2.75) is 105 Å². The second kappa shape index (κ2) is 17.1. The van der Waals surface area contributed by atoms with E-state index in [2.05, 4.69) is 31.7 Å². The van der Waals surface area contributed by atoms with Gasteiger partial charge in [0.25, 0.3) is 6.35 Å². The summed E-state index contributed by atoms with van der Waals surface area (Å²) in [5.74, 6) is -0.665. The van der Waals surface area contributed by atoms with Crippen molar-refractivity contribution in [1.29, 1.82) is 0 Å². The maximum Gasteiger partial charge on any atom is 0.461 e. The van der Waals surface area contributed by atoms with Gasteiger partial charge in [0.2, 0.25) is 0 Å². The highest BCUT2D eigenvalue weighted by Gasteiger charge is 2.37. The van der Waals surface area contributed by atoms with Gasteiger partial charge >= 0.3 is 19.9 Å². The van der Waals surface area contributed by atoms with Crippen molar-refractivity contribution >= 4 is 36.9 Å². The number of unbranched alkanes of at least 4 members (excludes halogenated alkanes) is 3. The third-order valence-corrected chi connectivity index (χ3v) is 6.39. The van der Waals surface area contributed by atoms with E-state index in [-0.39, 0.29) is 18.6 Å². The van der Waals surface area contributed by atoms with Crippen LogP contribution in [0, 0.1) is 0 Å². The number of carbonyl (C=O) groups is 2. The summed E-state index contributed by atoms with van der Waals surface area (Å²) >= 11 is 0. The number of rotatable bonds is 15. The first-order chi connectivity index (χ1) is 18.3. The van der Waals surface area contributed by atoms with E-state index in [1.54, 1.807) is 38.6 Å². The van der Waals surface area contributed by atoms with Crippen LogP contribution in [0.25, 0.3) is 11.2 Å². The number of nitrogens with one attached hydrogen (secondary N) is 1. The number of ether oxygens (including phenoxy) is 3. The Labute approximate surface area is 231 Å². The molecule has 220 valence electrons. The first-order valence-electron chi connectivity index (χ1n) is 13.1. The Morgan fingerprint density at radius 1 is 1.15 bits per heavy atom. The van der Waals surface area contributed by atoms with Crippen LogP contribution in [0.3, 0.4) is 0 Å². The monoisotopic (exact) mass is 571 g/mol. The fraction of sp³-hybridized carbons (Fsp3) is 0.720. The highest BCUT2D eigenvalue weighted by atomic mass is 31.1. The zero-order valence-corrected chi connectivity index (χ0v) is 24.9. The number of aliphatic hydroxyl groups is 1. The normalized spacial score (nSPS) is 13.4. The number of fused-ring (bicyclic) bond motifs is 1. The molecular weight excluding hydrogens is 527 g/mol. The molecule has 0 saturated heterocycles. The number of hydrogen-bond donors (Lipinski definition) is 3. The first-order valence-corrected chi connectivity index (χ1v) is 14.5. The van der Waals surface area contributed by atoms with Crippen molar-refractivity contribution < 1.29 is 33.5 Å². The zero-order valence-electron chi connectivity index (χ0n) is 24.0. The molecule has 2 heterocycles. The lowest BCUT2D eigenvalue weighted by Crippen LogP contribution is -2.44. The average molecular weight is 572 g/mol. The van der Waals surface area contributed by atoms with E-state index < -0.39 is 31.5 Å². The molecular formula is C25H44N6O7P+. The van der Waals surface area contributed by atoms with E-state index in [4.69, 9.17) is 20.3 Å². The molecule has 0 aliphatic rings. The van der Waals surface area contributed by atoms with Gasteiger partial charge in [0, 0.05) is 0 Å². The summed E-state index contributed by atoms with van der Waals surface area (Å²) in [5.41, 5.74) is 5.88. The Bertz CT molecular complexity index is 1060. The van der Waals surface area contributed by atoms with Crippen LogP contribution in [0.2, 0.25) is 0 Å². The quantitative estimate of drug-likeness (QED) is 0.161. The Morgan fingerprint density at radius 2 is 1.85 bits per heavy atom. The lowest BCUT2D eigenvalue weighted by Gasteiger charge is -2.18. The third kappa shape index (κ3) is 12.8. The maximum absolute atomic E-state index is 12.4. The van der Waals surface area contributed by atoms with E-state index in [9.17, 15) is 14.2 Å². The van der Waals surface area contributed by atoms with Crippen LogP contribution in [-0.4, -0.2) is 73.4 Å². The van der Waals surface area contributed by atoms with E-state index in [0.717, 1.165) is 25.7 Å². The smallest absolute Gasteiger partial charge is 0.461 e. The van der Waals surface area contributed by atoms with Crippen LogP contribution in [0.15, 0.2) is 12.7 Å². The molecule has 2 aromatic rings. The molecule has 2 rings (SSSR count). The minimum absolute atomic E-state index is 0.0343. The molecule has 3 atom stereocenters. The maximum atomic E-state index is 12.4. The van der Waals surface area contributed by atoms with Crippen LogP contribution in [-0.2, 0) is 34.9 Å². The summed E-state index contributed by atoms with van der Waals surface area (Å²) in [6.45, 7) is 13.0. The molecule has 0 aliphatic heterocycles. The molecule has 3 unspecified atom stereocenters. The summed E-state index contributed by atoms with van der Waals surface area (Å²) in [6, 6.07) is 0. The first kappa shape index (κ1) is 34.3. The molecule has 14 heteroatoms. The predicted molar refractivity (Wildman–Crippen MR) is 148 cm³/mol. The molecule has 0 aliphatic carbocycles. The van der Waals surface area contributed by atoms with E-state index in [1.165, 1.54) is 13.3 Å². The lowest BCUT2D eigenvalue weighted by atomic mass is 10.1. The number of carbonyl (C=O) groups excluding carboxylic acids is 2. The summed E-state index contributed by atoms with van der Waals surface area (Å²) < 4.78 is 29.8. The SMILES string of the molecule is CC(C)OC(=O)C(C)O.CCCCCCOC(=O)C(C)(C)N[P+](=O)COC(C)Cn1cnc2c(N)ncnc21. The van der Waals surface area contributed by atoms with Crippen LogP contribution in [0.4, 0.5) is 5.82 Å². The van der Waals surface area contributed by atoms with Gasteiger partial charge in [0.1, 0.15) is 17.9 Å². The van der Waals surface area contributed by atoms with Gasteiger partial charge in [-0.1, -0.05) is 31.3 Å². The van der Waals surface area contributed by atoms with Gasteiger partial charge < -0.3 is 29.6 Å². The molecule has 13 nitrogen and oxygen atoms in total. The largest absolute Gasteiger partial charge is 0.464 e. The summed E-state index contributed by atoms with van der Waals surface area (Å²) in [6.07, 6.45) is 5.67. The highest BCUT2D eigenvalue weighted by molar-refractivity contribution is 7.42. The van der Waals surface area contributed by atoms with Gasteiger partial charge in [-0.3, -0.25) is 0 Å². The summed E-state index contributed by atoms with van der Waals surface area (Å²) in [7, 11) is -1.95. The molecule has 0 saturated carbocycles. The molecule has 2 aromatic heterocycles. The fourth-order valence-electron chi connectivity index (χ4n) is 3.15. The van der Waals surface area contributed by atoms with E-state index in [1.807, 2.05) is 6.92 Å². The number of aromatic nitrogens is 4. The zero-order chi connectivity index (χ0) is 29.6. The Balaban J connectivity index is 0.000000724. The van der Waals surface area contributed by atoms with Crippen molar-refractivity contribution in [2.24, 2.45) is 0 Å². The molecule has 0 radical (unpaired) electrons. The minimum Gasteiger partial charge on any atom is -0.464 e. The second-order valence-electron chi connectivity index (χ2n) is 9.91. The van der Waals surface area contributed by atoms with Crippen LogP contribution in [0.5, 0.6) is 0 Å². The second-order valence-corrected chi connectivity index (χ2v) is 11.1. The summed E-state index contributed by atoms with van der Waals surface area (Å²) in [5, 5.41) is 11.4. The van der Waals surface area contributed by atoms with Crippen LogP contribution < -0.4 is 10.8 Å². The van der Waals surface area contributed by atoms with Gasteiger partial charge in [-0.2, -0.15) is 0 Å². The predicted octanol–water partition coefficient (Wildman–Crippen LogP) is 3.32. The van der Waals surface area contributed by atoms with Gasteiger partial charge in [-0.25, -0.2) is 24.5 Å². The number of nitrogens with two attached hydrogens (primary N) is 1. The molecule has 0 bridgehead atoms. The minimum atomic E-state index is -1.95. The average Bonchev–Trinajstić information content (AvgIpc) is 3.26. The summed E-state index contributed by atoms with van der Waals surface area (Å²) in [4.78, 5) is 35.0. The fourth-order valence-corrected chi connectivity index (χ4v) is 4.32. The molecule has 39 heavy (non-hydrogen) atoms. The van der Waals surface area contributed by atoms with Crippen LogP contribution in [0.1, 0.15) is 74.1 Å². The molecule has 0 amide bonds. The number of nitrogens with zero attached hydrogens (tertiary/aromatic N) is 4. The van der Waals surface area contributed by atoms with E-state index in [0.29, 0.717) is 30.1 Å². The topological polar surface area (TPSA) is 181 Å². The number of aliphatic hydroxyl groups excluding tert-OH is 1. The Morgan fingerprint density at radius 3 is 2.44 bits per heavy atom. The molecule has 0 aromatic carbocycles. The van der Waals surface area contributed by atoms with Crippen molar-refractivity contribution in [2.75, 3.05) is 18.7 Å². The van der Waals surface area contributed by atoms with Crippen molar-refractivity contribution in [3.63, 3.8) is 0 Å². The molecule has 4 N–H and O–H groups in total. The lowest BCUT2D eigenvalue weighted by molar-refractivity contribution is -0.156. The van der Waals surface area contributed by atoms with Gasteiger partial charge in [-0.15, -0.1) is 0 Å².